The zero-order valence-corrected chi connectivity index (χ0v) is 16.0. The predicted octanol–water partition coefficient (Wildman–Crippen LogP) is 4.24. The van der Waals surface area contributed by atoms with Crippen LogP contribution in [-0.4, -0.2) is 38.6 Å². The lowest BCUT2D eigenvalue weighted by Crippen LogP contribution is -2.37. The van der Waals surface area contributed by atoms with Crippen molar-refractivity contribution in [3.8, 4) is 0 Å². The molecule has 1 N–H and O–H groups in total. The molecule has 2 rings (SSSR count). The highest BCUT2D eigenvalue weighted by Gasteiger charge is 2.09. The van der Waals surface area contributed by atoms with Crippen molar-refractivity contribution in [3.63, 3.8) is 0 Å². The van der Waals surface area contributed by atoms with Crippen LogP contribution in [-0.2, 0) is 13.0 Å². The molecule has 0 aliphatic heterocycles. The molecule has 1 heterocycles. The number of rotatable bonds is 7. The van der Waals surface area contributed by atoms with Gasteiger partial charge in [-0.1, -0.05) is 23.7 Å². The van der Waals surface area contributed by atoms with Gasteiger partial charge in [-0.15, -0.1) is 11.3 Å². The quantitative estimate of drug-likeness (QED) is 0.745. The molecule has 0 atom stereocenters. The molecule has 0 spiro atoms. The van der Waals surface area contributed by atoms with Crippen molar-refractivity contribution in [2.45, 2.75) is 19.4 Å². The molecule has 0 radical (unpaired) electrons. The lowest BCUT2D eigenvalue weighted by Gasteiger charge is -2.17. The Balaban J connectivity index is 1.68. The Labute approximate surface area is 153 Å². The van der Waals surface area contributed by atoms with E-state index in [1.54, 1.807) is 11.9 Å². The maximum Gasteiger partial charge on any atom is 0.317 e. The molecule has 2 aromatic rings. The van der Waals surface area contributed by atoms with Crippen LogP contribution in [0.25, 0.3) is 0 Å². The normalized spacial score (nSPS) is 10.5. The third-order valence-corrected chi connectivity index (χ3v) is 4.96. The summed E-state index contributed by atoms with van der Waals surface area (Å²) in [5.74, 6) is 0. The van der Waals surface area contributed by atoms with Gasteiger partial charge in [0.1, 0.15) is 0 Å². The second-order valence-electron chi connectivity index (χ2n) is 5.96. The third kappa shape index (κ3) is 5.73. The van der Waals surface area contributed by atoms with E-state index in [0.29, 0.717) is 13.1 Å². The number of amides is 2. The summed E-state index contributed by atoms with van der Waals surface area (Å²) in [6, 6.07) is 12.3. The number of nitrogens with one attached hydrogen (secondary N) is 1. The third-order valence-electron chi connectivity index (χ3n) is 3.74. The number of nitrogens with zero attached hydrogens (tertiary/aromatic N) is 2. The SMILES string of the molecule is CN(Cc1ccc(Cl)s1)C(=O)NCCCc1ccc(N(C)C)cc1. The van der Waals surface area contributed by atoms with Crippen LogP contribution in [0.15, 0.2) is 36.4 Å². The highest BCUT2D eigenvalue weighted by atomic mass is 35.5. The second-order valence-corrected chi connectivity index (χ2v) is 7.76. The minimum Gasteiger partial charge on any atom is -0.378 e. The van der Waals surface area contributed by atoms with Gasteiger partial charge >= 0.3 is 6.03 Å². The van der Waals surface area contributed by atoms with Crippen molar-refractivity contribution >= 4 is 34.7 Å². The van der Waals surface area contributed by atoms with Crippen molar-refractivity contribution in [1.29, 1.82) is 0 Å². The number of urea groups is 1. The molecule has 130 valence electrons. The monoisotopic (exact) mass is 365 g/mol. The molecule has 6 heteroatoms. The predicted molar refractivity (Wildman–Crippen MR) is 103 cm³/mol. The van der Waals surface area contributed by atoms with E-state index in [9.17, 15) is 4.79 Å². The van der Waals surface area contributed by atoms with Gasteiger partial charge in [-0.25, -0.2) is 4.79 Å². The Hall–Kier alpha value is -1.72. The van der Waals surface area contributed by atoms with Crippen molar-refractivity contribution in [1.82, 2.24) is 10.2 Å². The molecule has 0 unspecified atom stereocenters. The molecule has 0 aliphatic rings. The highest BCUT2D eigenvalue weighted by Crippen LogP contribution is 2.22. The first-order chi connectivity index (χ1) is 11.5. The summed E-state index contributed by atoms with van der Waals surface area (Å²) in [5, 5.41) is 2.96. The van der Waals surface area contributed by atoms with Gasteiger partial charge < -0.3 is 15.1 Å². The van der Waals surface area contributed by atoms with E-state index in [0.717, 1.165) is 22.1 Å². The molecule has 0 saturated heterocycles. The van der Waals surface area contributed by atoms with Crippen LogP contribution >= 0.6 is 22.9 Å². The van der Waals surface area contributed by atoms with Gasteiger partial charge in [-0.2, -0.15) is 0 Å². The van der Waals surface area contributed by atoms with Gasteiger partial charge in [0, 0.05) is 38.3 Å². The van der Waals surface area contributed by atoms with Crippen molar-refractivity contribution in [2.24, 2.45) is 0 Å². The Morgan fingerprint density at radius 2 is 1.83 bits per heavy atom. The maximum absolute atomic E-state index is 12.1. The van der Waals surface area contributed by atoms with Gasteiger partial charge in [-0.05, 0) is 42.7 Å². The van der Waals surface area contributed by atoms with Crippen molar-refractivity contribution < 1.29 is 4.79 Å². The number of anilines is 1. The minimum absolute atomic E-state index is 0.0533. The van der Waals surface area contributed by atoms with Crippen molar-refractivity contribution in [3.05, 3.63) is 51.2 Å². The highest BCUT2D eigenvalue weighted by molar-refractivity contribution is 7.16. The Morgan fingerprint density at radius 1 is 1.12 bits per heavy atom. The zero-order chi connectivity index (χ0) is 17.5. The van der Waals surface area contributed by atoms with E-state index < -0.39 is 0 Å². The fourth-order valence-corrected chi connectivity index (χ4v) is 3.47. The molecule has 1 aromatic heterocycles. The fourth-order valence-electron chi connectivity index (χ4n) is 2.33. The average Bonchev–Trinajstić information content (AvgIpc) is 2.96. The van der Waals surface area contributed by atoms with E-state index in [1.165, 1.54) is 22.6 Å². The number of thiophene rings is 1. The summed E-state index contributed by atoms with van der Waals surface area (Å²) in [7, 11) is 5.86. The number of hydrogen-bond acceptors (Lipinski definition) is 3. The summed E-state index contributed by atoms with van der Waals surface area (Å²) in [5.41, 5.74) is 2.48. The van der Waals surface area contributed by atoms with Crippen LogP contribution in [0.2, 0.25) is 4.34 Å². The summed E-state index contributed by atoms with van der Waals surface area (Å²) < 4.78 is 0.749. The van der Waals surface area contributed by atoms with Crippen LogP contribution in [0.3, 0.4) is 0 Å². The smallest absolute Gasteiger partial charge is 0.317 e. The van der Waals surface area contributed by atoms with E-state index in [2.05, 4.69) is 34.5 Å². The van der Waals surface area contributed by atoms with Crippen LogP contribution in [0.5, 0.6) is 0 Å². The van der Waals surface area contributed by atoms with Crippen LogP contribution in [0, 0.1) is 0 Å². The molecule has 0 fully saturated rings. The molecule has 2 amide bonds. The zero-order valence-electron chi connectivity index (χ0n) is 14.4. The van der Waals surface area contributed by atoms with E-state index in [1.807, 2.05) is 26.2 Å². The number of halogens is 1. The number of carbonyl (C=O) groups is 1. The molecular weight excluding hydrogens is 342 g/mol. The maximum atomic E-state index is 12.1. The molecule has 1 aromatic carbocycles. The van der Waals surface area contributed by atoms with Crippen LogP contribution in [0.1, 0.15) is 16.9 Å². The Morgan fingerprint density at radius 3 is 2.42 bits per heavy atom. The number of aryl methyl sites for hydroxylation is 1. The Bertz CT molecular complexity index is 655. The molecule has 24 heavy (non-hydrogen) atoms. The summed E-state index contributed by atoms with van der Waals surface area (Å²) in [6.07, 6.45) is 1.88. The van der Waals surface area contributed by atoms with E-state index >= 15 is 0 Å². The fraction of sp³-hybridized carbons (Fsp3) is 0.389. The van der Waals surface area contributed by atoms with Gasteiger partial charge in [0.2, 0.25) is 0 Å². The number of benzene rings is 1. The van der Waals surface area contributed by atoms with Crippen molar-refractivity contribution in [2.75, 3.05) is 32.6 Å². The van der Waals surface area contributed by atoms with Gasteiger partial charge in [-0.3, -0.25) is 0 Å². The average molecular weight is 366 g/mol. The van der Waals surface area contributed by atoms with Crippen LogP contribution in [0.4, 0.5) is 10.5 Å². The molecule has 0 bridgehead atoms. The van der Waals surface area contributed by atoms with Gasteiger partial charge in [0.05, 0.1) is 10.9 Å². The largest absolute Gasteiger partial charge is 0.378 e. The lowest BCUT2D eigenvalue weighted by molar-refractivity contribution is 0.207. The second kappa shape index (κ2) is 8.94. The van der Waals surface area contributed by atoms with E-state index in [-0.39, 0.29) is 6.03 Å². The Kier molecular flexibility index (Phi) is 6.94. The first-order valence-corrected chi connectivity index (χ1v) is 9.14. The minimum atomic E-state index is -0.0533. The number of hydrogen-bond donors (Lipinski definition) is 1. The summed E-state index contributed by atoms with van der Waals surface area (Å²) in [6.45, 7) is 1.25. The molecule has 4 nitrogen and oxygen atoms in total. The first kappa shape index (κ1) is 18.6. The number of carbonyl (C=O) groups excluding carboxylic acids is 1. The van der Waals surface area contributed by atoms with E-state index in [4.69, 9.17) is 11.6 Å². The first-order valence-electron chi connectivity index (χ1n) is 7.95. The topological polar surface area (TPSA) is 35.6 Å². The standard InChI is InChI=1S/C18H24ClN3OS/c1-21(2)15-8-6-14(7-9-15)5-4-12-20-18(23)22(3)13-16-10-11-17(19)24-16/h6-11H,4-5,12-13H2,1-3H3,(H,20,23). The summed E-state index contributed by atoms with van der Waals surface area (Å²) >= 11 is 7.41. The molecule has 0 saturated carbocycles. The molecule has 0 aliphatic carbocycles. The lowest BCUT2D eigenvalue weighted by atomic mass is 10.1. The van der Waals surface area contributed by atoms with Crippen LogP contribution < -0.4 is 10.2 Å². The molecular formula is C18H24ClN3OS. The summed E-state index contributed by atoms with van der Waals surface area (Å²) in [4.78, 5) is 16.9. The van der Waals surface area contributed by atoms with Gasteiger partial charge in [0.25, 0.3) is 0 Å². The van der Waals surface area contributed by atoms with Gasteiger partial charge in [0.15, 0.2) is 0 Å².